The molecule has 144 valence electrons. The van der Waals surface area contributed by atoms with E-state index in [0.29, 0.717) is 5.01 Å². The number of aryl methyl sites for hydroxylation is 1. The summed E-state index contributed by atoms with van der Waals surface area (Å²) < 4.78 is 40.9. The molecule has 0 aliphatic heterocycles. The topological polar surface area (TPSA) is 71.8 Å². The van der Waals surface area contributed by atoms with Crippen LogP contribution in [-0.2, 0) is 18.8 Å². The molecule has 2 aromatic heterocycles. The Morgan fingerprint density at radius 1 is 1.22 bits per heavy atom. The number of fused-ring (bicyclic) bond motifs is 1. The molecule has 3 aromatic rings. The Kier molecular flexibility index (Phi) is 4.62. The van der Waals surface area contributed by atoms with E-state index in [1.54, 1.807) is 13.8 Å². The van der Waals surface area contributed by atoms with Crippen molar-refractivity contribution in [2.75, 3.05) is 5.32 Å². The fraction of sp³-hybridized carbons (Fsp3) is 0.353. The number of urea groups is 1. The van der Waals surface area contributed by atoms with Crippen LogP contribution in [0, 0.1) is 6.92 Å². The number of benzene rings is 1. The second kappa shape index (κ2) is 6.52. The van der Waals surface area contributed by atoms with E-state index < -0.39 is 23.4 Å². The fourth-order valence-corrected chi connectivity index (χ4v) is 3.71. The number of aromatic nitrogens is 3. The number of alkyl halides is 3. The average Bonchev–Trinajstić information content (AvgIpc) is 3.11. The van der Waals surface area contributed by atoms with Crippen molar-refractivity contribution in [2.24, 2.45) is 7.05 Å². The molecule has 0 aliphatic carbocycles. The van der Waals surface area contributed by atoms with Crippen LogP contribution in [0.3, 0.4) is 0 Å². The average molecular weight is 397 g/mol. The standard InChI is InChI=1S/C17H18F3N5OS/c1-9-12(17(18,19)20)24-25(4)13(9)22-15(26)23-16(2,3)14-21-10-7-5-6-8-11(10)27-14/h5-8H,1-4H3,(H2,22,23,26). The summed E-state index contributed by atoms with van der Waals surface area (Å²) >= 11 is 1.45. The molecule has 27 heavy (non-hydrogen) atoms. The number of nitrogens with zero attached hydrogens (tertiary/aromatic N) is 3. The Bertz CT molecular complexity index is 973. The molecule has 0 aliphatic rings. The molecule has 0 saturated heterocycles. The van der Waals surface area contributed by atoms with Gasteiger partial charge in [0.25, 0.3) is 0 Å². The number of anilines is 1. The van der Waals surface area contributed by atoms with Crippen molar-refractivity contribution in [1.82, 2.24) is 20.1 Å². The predicted octanol–water partition coefficient (Wildman–Crippen LogP) is 4.41. The summed E-state index contributed by atoms with van der Waals surface area (Å²) in [4.78, 5) is 16.9. The van der Waals surface area contributed by atoms with Crippen molar-refractivity contribution in [1.29, 1.82) is 0 Å². The molecule has 3 rings (SSSR count). The molecule has 0 radical (unpaired) electrons. The smallest absolute Gasteiger partial charge is 0.326 e. The Morgan fingerprint density at radius 2 is 1.89 bits per heavy atom. The van der Waals surface area contributed by atoms with Gasteiger partial charge in [0.2, 0.25) is 0 Å². The first-order chi connectivity index (χ1) is 12.5. The second-order valence-corrected chi connectivity index (χ2v) is 7.67. The lowest BCUT2D eigenvalue weighted by Crippen LogP contribution is -2.43. The summed E-state index contributed by atoms with van der Waals surface area (Å²) in [7, 11) is 1.34. The molecular formula is C17H18F3N5OS. The minimum absolute atomic E-state index is 0.0140. The van der Waals surface area contributed by atoms with Crippen LogP contribution in [0.2, 0.25) is 0 Å². The quantitative estimate of drug-likeness (QED) is 0.688. The van der Waals surface area contributed by atoms with Gasteiger partial charge in [0.05, 0.1) is 15.8 Å². The minimum Gasteiger partial charge on any atom is -0.326 e. The first-order valence-electron chi connectivity index (χ1n) is 8.05. The zero-order valence-corrected chi connectivity index (χ0v) is 15.9. The van der Waals surface area contributed by atoms with Crippen LogP contribution in [0.5, 0.6) is 0 Å². The van der Waals surface area contributed by atoms with Gasteiger partial charge in [0.15, 0.2) is 5.69 Å². The maximum Gasteiger partial charge on any atom is 0.435 e. The molecule has 1 aromatic carbocycles. The lowest BCUT2D eigenvalue weighted by molar-refractivity contribution is -0.141. The molecule has 2 N–H and O–H groups in total. The summed E-state index contributed by atoms with van der Waals surface area (Å²) in [6.07, 6.45) is -4.58. The first kappa shape index (κ1) is 19.2. The van der Waals surface area contributed by atoms with Crippen LogP contribution in [0.4, 0.5) is 23.8 Å². The Balaban J connectivity index is 1.80. The van der Waals surface area contributed by atoms with Gasteiger partial charge >= 0.3 is 12.2 Å². The second-order valence-electron chi connectivity index (χ2n) is 6.63. The number of carbonyl (C=O) groups excluding carboxylic acids is 1. The minimum atomic E-state index is -4.58. The summed E-state index contributed by atoms with van der Waals surface area (Å²) in [5, 5.41) is 9.37. The zero-order valence-electron chi connectivity index (χ0n) is 15.1. The molecule has 0 bridgehead atoms. The van der Waals surface area contributed by atoms with Crippen LogP contribution in [0.1, 0.15) is 30.1 Å². The summed E-state index contributed by atoms with van der Waals surface area (Å²) in [5.74, 6) is -0.0140. The van der Waals surface area contributed by atoms with Crippen molar-refractivity contribution in [3.8, 4) is 0 Å². The number of thiazole rings is 1. The number of rotatable bonds is 3. The predicted molar refractivity (Wildman–Crippen MR) is 97.7 cm³/mol. The van der Waals surface area contributed by atoms with E-state index in [1.807, 2.05) is 24.3 Å². The third-order valence-corrected chi connectivity index (χ3v) is 5.40. The van der Waals surface area contributed by atoms with E-state index in [2.05, 4.69) is 20.7 Å². The lowest BCUT2D eigenvalue weighted by Gasteiger charge is -2.24. The van der Waals surface area contributed by atoms with Crippen molar-refractivity contribution in [2.45, 2.75) is 32.5 Å². The van der Waals surface area contributed by atoms with E-state index in [-0.39, 0.29) is 11.4 Å². The van der Waals surface area contributed by atoms with E-state index in [1.165, 1.54) is 25.3 Å². The number of hydrogen-bond acceptors (Lipinski definition) is 4. The van der Waals surface area contributed by atoms with Crippen LogP contribution < -0.4 is 10.6 Å². The molecule has 0 spiro atoms. The summed E-state index contributed by atoms with van der Waals surface area (Å²) in [6, 6.07) is 6.95. The van der Waals surface area contributed by atoms with Gasteiger partial charge in [-0.2, -0.15) is 18.3 Å². The van der Waals surface area contributed by atoms with Crippen molar-refractivity contribution >= 4 is 33.4 Å². The number of amides is 2. The molecule has 0 unspecified atom stereocenters. The maximum absolute atomic E-state index is 13.0. The highest BCUT2D eigenvalue weighted by Crippen LogP contribution is 2.34. The maximum atomic E-state index is 13.0. The van der Waals surface area contributed by atoms with Gasteiger partial charge in [-0.25, -0.2) is 9.78 Å². The number of carbonyl (C=O) groups is 1. The molecule has 10 heteroatoms. The number of para-hydroxylation sites is 1. The SMILES string of the molecule is Cc1c(C(F)(F)F)nn(C)c1NC(=O)NC(C)(C)c1nc2ccccc2s1. The van der Waals surface area contributed by atoms with Crippen molar-refractivity contribution < 1.29 is 18.0 Å². The molecule has 6 nitrogen and oxygen atoms in total. The highest BCUT2D eigenvalue weighted by atomic mass is 32.1. The largest absolute Gasteiger partial charge is 0.435 e. The molecule has 0 atom stereocenters. The summed E-state index contributed by atoms with van der Waals surface area (Å²) in [6.45, 7) is 4.83. The number of halogens is 3. The highest BCUT2D eigenvalue weighted by Gasteiger charge is 2.38. The van der Waals surface area contributed by atoms with Gasteiger partial charge in [0.1, 0.15) is 10.8 Å². The van der Waals surface area contributed by atoms with E-state index in [9.17, 15) is 18.0 Å². The van der Waals surface area contributed by atoms with Crippen molar-refractivity contribution in [3.63, 3.8) is 0 Å². The van der Waals surface area contributed by atoms with E-state index >= 15 is 0 Å². The van der Waals surface area contributed by atoms with Crippen LogP contribution in [0.25, 0.3) is 10.2 Å². The van der Waals surface area contributed by atoms with Crippen LogP contribution in [-0.4, -0.2) is 20.8 Å². The van der Waals surface area contributed by atoms with Gasteiger partial charge in [-0.05, 0) is 32.9 Å². The third kappa shape index (κ3) is 3.75. The van der Waals surface area contributed by atoms with Gasteiger partial charge in [-0.15, -0.1) is 11.3 Å². The lowest BCUT2D eigenvalue weighted by atomic mass is 10.1. The number of nitrogens with one attached hydrogen (secondary N) is 2. The van der Waals surface area contributed by atoms with Gasteiger partial charge in [0, 0.05) is 12.6 Å². The van der Waals surface area contributed by atoms with Crippen molar-refractivity contribution in [3.05, 3.63) is 40.5 Å². The zero-order chi connectivity index (χ0) is 20.0. The molecule has 0 fully saturated rings. The first-order valence-corrected chi connectivity index (χ1v) is 8.86. The highest BCUT2D eigenvalue weighted by molar-refractivity contribution is 7.18. The fourth-order valence-electron chi connectivity index (χ4n) is 2.69. The van der Waals surface area contributed by atoms with Crippen LogP contribution >= 0.6 is 11.3 Å². The molecule has 2 amide bonds. The van der Waals surface area contributed by atoms with Crippen LogP contribution in [0.15, 0.2) is 24.3 Å². The Morgan fingerprint density at radius 3 is 2.48 bits per heavy atom. The van der Waals surface area contributed by atoms with E-state index in [4.69, 9.17) is 0 Å². The van der Waals surface area contributed by atoms with Gasteiger partial charge in [-0.3, -0.25) is 10.00 Å². The molecule has 0 saturated carbocycles. The monoisotopic (exact) mass is 397 g/mol. The number of hydrogen-bond donors (Lipinski definition) is 2. The molecule has 2 heterocycles. The Hall–Kier alpha value is -2.62. The van der Waals surface area contributed by atoms with Gasteiger partial charge < -0.3 is 5.32 Å². The normalized spacial score (nSPS) is 12.4. The Labute approximate surface area is 157 Å². The van der Waals surface area contributed by atoms with Gasteiger partial charge in [-0.1, -0.05) is 12.1 Å². The summed E-state index contributed by atoms with van der Waals surface area (Å²) in [5.41, 5.74) is -1.15. The third-order valence-electron chi connectivity index (χ3n) is 4.04. The molecular weight excluding hydrogens is 379 g/mol. The van der Waals surface area contributed by atoms with E-state index in [0.717, 1.165) is 14.9 Å².